The Hall–Kier alpha value is -3.34. The molecular formula is C22H22N4O. The molecule has 1 amide bonds. The maximum Gasteiger partial charge on any atom is 0.256 e. The number of benzene rings is 2. The molecule has 0 aliphatic carbocycles. The number of carbonyl (C=O) groups is 1. The molecule has 4 rings (SSSR count). The van der Waals surface area contributed by atoms with Crippen LogP contribution >= 0.6 is 0 Å². The van der Waals surface area contributed by atoms with Gasteiger partial charge in [-0.15, -0.1) is 0 Å². The van der Waals surface area contributed by atoms with Crippen molar-refractivity contribution in [2.24, 2.45) is 0 Å². The zero-order valence-corrected chi connectivity index (χ0v) is 15.1. The molecule has 5 nitrogen and oxygen atoms in total. The standard InChI is InChI=1S/C22H22N4O/c27-22(18-7-3-1-4-8-18)24-21-12-11-20(17-23-21)26-15-13-25(14-16-26)19-9-5-2-6-10-19/h1-12,17H,13-16H2,(H,23,24,27). The number of hydrogen-bond acceptors (Lipinski definition) is 4. The van der Waals surface area contributed by atoms with E-state index in [0.717, 1.165) is 31.9 Å². The average molecular weight is 358 g/mol. The third-order valence-electron chi connectivity index (χ3n) is 4.79. The predicted octanol–water partition coefficient (Wildman–Crippen LogP) is 3.66. The van der Waals surface area contributed by atoms with Gasteiger partial charge in [-0.2, -0.15) is 0 Å². The number of nitrogens with one attached hydrogen (secondary N) is 1. The lowest BCUT2D eigenvalue weighted by Crippen LogP contribution is -2.46. The lowest BCUT2D eigenvalue weighted by Gasteiger charge is -2.37. The van der Waals surface area contributed by atoms with Gasteiger partial charge in [0, 0.05) is 37.4 Å². The molecule has 1 aromatic heterocycles. The van der Waals surface area contributed by atoms with Crippen LogP contribution in [-0.4, -0.2) is 37.1 Å². The van der Waals surface area contributed by atoms with Gasteiger partial charge >= 0.3 is 0 Å². The van der Waals surface area contributed by atoms with Gasteiger partial charge in [0.1, 0.15) is 5.82 Å². The summed E-state index contributed by atoms with van der Waals surface area (Å²) in [5, 5.41) is 2.84. The summed E-state index contributed by atoms with van der Waals surface area (Å²) < 4.78 is 0. The highest BCUT2D eigenvalue weighted by atomic mass is 16.1. The van der Waals surface area contributed by atoms with Crippen molar-refractivity contribution >= 4 is 23.1 Å². The van der Waals surface area contributed by atoms with Crippen molar-refractivity contribution in [3.8, 4) is 0 Å². The lowest BCUT2D eigenvalue weighted by atomic mass is 10.2. The van der Waals surface area contributed by atoms with Crippen LogP contribution in [0.15, 0.2) is 79.0 Å². The van der Waals surface area contributed by atoms with E-state index in [4.69, 9.17) is 0 Å². The molecule has 3 aromatic rings. The van der Waals surface area contributed by atoms with E-state index < -0.39 is 0 Å². The van der Waals surface area contributed by atoms with Crippen molar-refractivity contribution in [2.45, 2.75) is 0 Å². The van der Waals surface area contributed by atoms with Crippen LogP contribution in [0.3, 0.4) is 0 Å². The minimum atomic E-state index is -0.146. The third-order valence-corrected chi connectivity index (χ3v) is 4.79. The van der Waals surface area contributed by atoms with E-state index in [-0.39, 0.29) is 5.91 Å². The molecule has 2 heterocycles. The first-order valence-corrected chi connectivity index (χ1v) is 9.17. The second-order valence-electron chi connectivity index (χ2n) is 6.53. The minimum absolute atomic E-state index is 0.146. The van der Waals surface area contributed by atoms with Crippen molar-refractivity contribution in [1.29, 1.82) is 0 Å². The van der Waals surface area contributed by atoms with Gasteiger partial charge in [0.15, 0.2) is 0 Å². The number of para-hydroxylation sites is 1. The Labute approximate surface area is 159 Å². The average Bonchev–Trinajstić information content (AvgIpc) is 2.76. The monoisotopic (exact) mass is 358 g/mol. The van der Waals surface area contributed by atoms with Crippen LogP contribution in [0, 0.1) is 0 Å². The van der Waals surface area contributed by atoms with Gasteiger partial charge in [-0.25, -0.2) is 4.98 Å². The molecule has 1 saturated heterocycles. The molecule has 2 aromatic carbocycles. The number of pyridine rings is 1. The highest BCUT2D eigenvalue weighted by molar-refractivity contribution is 6.03. The van der Waals surface area contributed by atoms with Gasteiger partial charge in [-0.05, 0) is 36.4 Å². The molecule has 136 valence electrons. The number of rotatable bonds is 4. The smallest absolute Gasteiger partial charge is 0.256 e. The molecular weight excluding hydrogens is 336 g/mol. The SMILES string of the molecule is O=C(Nc1ccc(N2CCN(c3ccccc3)CC2)cn1)c1ccccc1. The highest BCUT2D eigenvalue weighted by Crippen LogP contribution is 2.20. The quantitative estimate of drug-likeness (QED) is 0.773. The Bertz CT molecular complexity index is 873. The second-order valence-corrected chi connectivity index (χ2v) is 6.53. The van der Waals surface area contributed by atoms with Crippen molar-refractivity contribution < 1.29 is 4.79 Å². The molecule has 1 aliphatic heterocycles. The molecule has 1 fully saturated rings. The Kier molecular flexibility index (Phi) is 5.01. The Balaban J connectivity index is 1.35. The molecule has 1 N–H and O–H groups in total. The van der Waals surface area contributed by atoms with Gasteiger partial charge in [0.05, 0.1) is 11.9 Å². The minimum Gasteiger partial charge on any atom is -0.368 e. The molecule has 0 unspecified atom stereocenters. The first kappa shape index (κ1) is 17.1. The normalized spacial score (nSPS) is 14.1. The topological polar surface area (TPSA) is 48.5 Å². The second kappa shape index (κ2) is 7.91. The van der Waals surface area contributed by atoms with E-state index in [0.29, 0.717) is 11.4 Å². The van der Waals surface area contributed by atoms with Crippen LogP contribution in [0.25, 0.3) is 0 Å². The molecule has 1 aliphatic rings. The van der Waals surface area contributed by atoms with E-state index >= 15 is 0 Å². The number of piperazine rings is 1. The van der Waals surface area contributed by atoms with Crippen LogP contribution in [0.1, 0.15) is 10.4 Å². The summed E-state index contributed by atoms with van der Waals surface area (Å²) in [5.74, 6) is 0.419. The number of carbonyl (C=O) groups excluding carboxylic acids is 1. The molecule has 0 atom stereocenters. The Morgan fingerprint density at radius 3 is 1.93 bits per heavy atom. The predicted molar refractivity (Wildman–Crippen MR) is 110 cm³/mol. The van der Waals surface area contributed by atoms with Crippen LogP contribution in [0.5, 0.6) is 0 Å². The van der Waals surface area contributed by atoms with Crippen molar-refractivity contribution in [1.82, 2.24) is 4.98 Å². The molecule has 0 saturated carbocycles. The third kappa shape index (κ3) is 4.08. The molecule has 0 spiro atoms. The molecule has 0 radical (unpaired) electrons. The van der Waals surface area contributed by atoms with E-state index in [9.17, 15) is 4.79 Å². The number of amides is 1. The number of nitrogens with zero attached hydrogens (tertiary/aromatic N) is 3. The summed E-state index contributed by atoms with van der Waals surface area (Å²) in [5.41, 5.74) is 2.98. The van der Waals surface area contributed by atoms with Crippen molar-refractivity contribution in [2.75, 3.05) is 41.3 Å². The zero-order valence-electron chi connectivity index (χ0n) is 15.1. The van der Waals surface area contributed by atoms with E-state index in [2.05, 4.69) is 44.4 Å². The van der Waals surface area contributed by atoms with Gasteiger partial charge in [0.25, 0.3) is 5.91 Å². The molecule has 27 heavy (non-hydrogen) atoms. The first-order chi connectivity index (χ1) is 13.3. The zero-order chi connectivity index (χ0) is 18.5. The summed E-state index contributed by atoms with van der Waals surface area (Å²) in [4.78, 5) is 21.3. The first-order valence-electron chi connectivity index (χ1n) is 9.17. The number of aromatic nitrogens is 1. The fraction of sp³-hybridized carbons (Fsp3) is 0.182. The summed E-state index contributed by atoms with van der Waals surface area (Å²) >= 11 is 0. The molecule has 5 heteroatoms. The lowest BCUT2D eigenvalue weighted by molar-refractivity contribution is 0.102. The summed E-state index contributed by atoms with van der Waals surface area (Å²) in [7, 11) is 0. The van der Waals surface area contributed by atoms with Gasteiger partial charge in [-0.3, -0.25) is 4.79 Å². The highest BCUT2D eigenvalue weighted by Gasteiger charge is 2.17. The van der Waals surface area contributed by atoms with Gasteiger partial charge in [-0.1, -0.05) is 36.4 Å². The van der Waals surface area contributed by atoms with E-state index in [1.165, 1.54) is 5.69 Å². The number of hydrogen-bond donors (Lipinski definition) is 1. The maximum absolute atomic E-state index is 12.2. The van der Waals surface area contributed by atoms with Crippen LogP contribution in [0.2, 0.25) is 0 Å². The van der Waals surface area contributed by atoms with Crippen molar-refractivity contribution in [3.05, 3.63) is 84.6 Å². The van der Waals surface area contributed by atoms with E-state index in [1.54, 1.807) is 12.1 Å². The summed E-state index contributed by atoms with van der Waals surface area (Å²) in [6, 6.07) is 23.5. The Morgan fingerprint density at radius 1 is 0.741 bits per heavy atom. The van der Waals surface area contributed by atoms with Crippen LogP contribution < -0.4 is 15.1 Å². The molecule has 0 bridgehead atoms. The van der Waals surface area contributed by atoms with Gasteiger partial charge < -0.3 is 15.1 Å². The van der Waals surface area contributed by atoms with E-state index in [1.807, 2.05) is 42.6 Å². The fourth-order valence-corrected chi connectivity index (χ4v) is 3.29. The summed E-state index contributed by atoms with van der Waals surface area (Å²) in [6.45, 7) is 3.87. The maximum atomic E-state index is 12.2. The Morgan fingerprint density at radius 2 is 1.33 bits per heavy atom. The van der Waals surface area contributed by atoms with Crippen LogP contribution in [0.4, 0.5) is 17.2 Å². The van der Waals surface area contributed by atoms with Crippen LogP contribution in [-0.2, 0) is 0 Å². The van der Waals surface area contributed by atoms with Gasteiger partial charge in [0.2, 0.25) is 0 Å². The van der Waals surface area contributed by atoms with Crippen molar-refractivity contribution in [3.63, 3.8) is 0 Å². The fourth-order valence-electron chi connectivity index (χ4n) is 3.29. The summed E-state index contributed by atoms with van der Waals surface area (Å²) in [6.07, 6.45) is 1.83. The number of anilines is 3. The largest absolute Gasteiger partial charge is 0.368 e.